The molecule has 0 fully saturated rings. The number of fused-ring (bicyclic) bond motifs is 1. The number of methoxy groups -OCH3 is 2. The van der Waals surface area contributed by atoms with Crippen molar-refractivity contribution in [3.63, 3.8) is 0 Å². The topological polar surface area (TPSA) is 85.2 Å². The van der Waals surface area contributed by atoms with E-state index < -0.39 is 6.10 Å². The SMILES string of the molecule is COc1ccc2c(c1)[C@H](CO)[C@H](c1cc(O)c(C=CC=O)cc1OC)O2. The van der Waals surface area contributed by atoms with Gasteiger partial charge in [-0.3, -0.25) is 4.79 Å². The molecule has 6 nitrogen and oxygen atoms in total. The molecule has 0 radical (unpaired) electrons. The molecule has 0 amide bonds. The largest absolute Gasteiger partial charge is 0.507 e. The number of benzene rings is 2. The summed E-state index contributed by atoms with van der Waals surface area (Å²) >= 11 is 0. The highest BCUT2D eigenvalue weighted by atomic mass is 16.5. The highest BCUT2D eigenvalue weighted by Crippen LogP contribution is 2.49. The first-order chi connectivity index (χ1) is 12.6. The minimum atomic E-state index is -0.521. The van der Waals surface area contributed by atoms with E-state index in [1.165, 1.54) is 19.3 Å². The van der Waals surface area contributed by atoms with Gasteiger partial charge in [-0.1, -0.05) is 0 Å². The minimum Gasteiger partial charge on any atom is -0.507 e. The van der Waals surface area contributed by atoms with Crippen LogP contribution in [-0.2, 0) is 4.79 Å². The summed E-state index contributed by atoms with van der Waals surface area (Å²) in [5.74, 6) is 1.49. The van der Waals surface area contributed by atoms with Crippen molar-refractivity contribution in [2.45, 2.75) is 12.0 Å². The molecule has 2 aromatic carbocycles. The number of carbonyl (C=O) groups excluding carboxylic acids is 1. The summed E-state index contributed by atoms with van der Waals surface area (Å²) in [7, 11) is 3.10. The number of phenolic OH excluding ortho intramolecular Hbond substituents is 1. The quantitative estimate of drug-likeness (QED) is 0.612. The maximum atomic E-state index is 10.5. The molecule has 0 unspecified atom stereocenters. The molecule has 136 valence electrons. The highest BCUT2D eigenvalue weighted by Gasteiger charge is 2.37. The number of allylic oxidation sites excluding steroid dienone is 1. The Morgan fingerprint density at radius 3 is 2.62 bits per heavy atom. The maximum Gasteiger partial charge on any atom is 0.142 e. The van der Waals surface area contributed by atoms with E-state index in [0.717, 1.165) is 5.56 Å². The second kappa shape index (κ2) is 7.49. The van der Waals surface area contributed by atoms with Gasteiger partial charge in [0, 0.05) is 16.7 Å². The van der Waals surface area contributed by atoms with Crippen molar-refractivity contribution in [1.82, 2.24) is 0 Å². The summed E-state index contributed by atoms with van der Waals surface area (Å²) in [5, 5.41) is 20.2. The fourth-order valence-corrected chi connectivity index (χ4v) is 3.18. The lowest BCUT2D eigenvalue weighted by atomic mass is 9.90. The number of ether oxygens (including phenoxy) is 3. The second-order valence-electron chi connectivity index (χ2n) is 5.88. The first-order valence-electron chi connectivity index (χ1n) is 8.11. The number of hydrogen-bond donors (Lipinski definition) is 2. The fraction of sp³-hybridized carbons (Fsp3) is 0.250. The zero-order valence-electron chi connectivity index (χ0n) is 14.5. The van der Waals surface area contributed by atoms with E-state index in [9.17, 15) is 15.0 Å². The van der Waals surface area contributed by atoms with Crippen molar-refractivity contribution in [2.24, 2.45) is 0 Å². The Bertz CT molecular complexity index is 842. The highest BCUT2D eigenvalue weighted by molar-refractivity contribution is 5.76. The number of aldehydes is 1. The molecule has 26 heavy (non-hydrogen) atoms. The van der Waals surface area contributed by atoms with E-state index in [0.29, 0.717) is 34.7 Å². The first kappa shape index (κ1) is 17.8. The lowest BCUT2D eigenvalue weighted by Crippen LogP contribution is -2.14. The van der Waals surface area contributed by atoms with Gasteiger partial charge in [0.15, 0.2) is 0 Å². The number of rotatable bonds is 6. The molecular weight excluding hydrogens is 336 g/mol. The van der Waals surface area contributed by atoms with Gasteiger partial charge >= 0.3 is 0 Å². The summed E-state index contributed by atoms with van der Waals surface area (Å²) in [6, 6.07) is 8.59. The molecule has 0 saturated carbocycles. The maximum absolute atomic E-state index is 10.5. The lowest BCUT2D eigenvalue weighted by Gasteiger charge is -2.21. The predicted molar refractivity (Wildman–Crippen MR) is 95.9 cm³/mol. The zero-order valence-corrected chi connectivity index (χ0v) is 14.5. The van der Waals surface area contributed by atoms with E-state index in [1.54, 1.807) is 31.4 Å². The van der Waals surface area contributed by atoms with E-state index >= 15 is 0 Å². The number of aliphatic hydroxyl groups is 1. The van der Waals surface area contributed by atoms with Gasteiger partial charge in [0.25, 0.3) is 0 Å². The Morgan fingerprint density at radius 2 is 1.96 bits per heavy atom. The molecule has 3 rings (SSSR count). The normalized spacial score (nSPS) is 18.4. The van der Waals surface area contributed by atoms with Gasteiger partial charge in [0.2, 0.25) is 0 Å². The Balaban J connectivity index is 2.04. The molecule has 0 aliphatic carbocycles. The molecule has 1 aliphatic rings. The third-order valence-corrected chi connectivity index (χ3v) is 4.47. The molecule has 2 atom stereocenters. The standard InChI is InChI=1S/C20H20O6/c1-24-13-5-6-18-14(9-13)16(11-22)20(26-18)15-10-17(23)12(4-3-7-21)8-19(15)25-2/h3-10,16,20,22-23H,11H2,1-2H3/t16-,20-/m0/s1. The Kier molecular flexibility index (Phi) is 5.14. The first-order valence-corrected chi connectivity index (χ1v) is 8.11. The smallest absolute Gasteiger partial charge is 0.142 e. The summed E-state index contributed by atoms with van der Waals surface area (Å²) in [4.78, 5) is 10.5. The molecule has 0 saturated heterocycles. The van der Waals surface area contributed by atoms with Crippen molar-refractivity contribution in [1.29, 1.82) is 0 Å². The molecule has 0 aromatic heterocycles. The molecule has 2 N–H and O–H groups in total. The fourth-order valence-electron chi connectivity index (χ4n) is 3.18. The van der Waals surface area contributed by atoms with Crippen LogP contribution in [0.1, 0.15) is 28.7 Å². The molecular formula is C20H20O6. The number of aliphatic hydroxyl groups excluding tert-OH is 1. The van der Waals surface area contributed by atoms with Gasteiger partial charge in [0.1, 0.15) is 35.4 Å². The van der Waals surface area contributed by atoms with Crippen LogP contribution >= 0.6 is 0 Å². The van der Waals surface area contributed by atoms with Gasteiger partial charge in [-0.2, -0.15) is 0 Å². The van der Waals surface area contributed by atoms with Crippen molar-refractivity contribution in [3.8, 4) is 23.0 Å². The summed E-state index contributed by atoms with van der Waals surface area (Å²) in [6.45, 7) is -0.137. The van der Waals surface area contributed by atoms with Crippen LogP contribution in [0.2, 0.25) is 0 Å². The lowest BCUT2D eigenvalue weighted by molar-refractivity contribution is -0.104. The average Bonchev–Trinajstić information content (AvgIpc) is 3.04. The molecule has 1 heterocycles. The number of phenols is 1. The van der Waals surface area contributed by atoms with E-state index in [2.05, 4.69) is 0 Å². The van der Waals surface area contributed by atoms with Crippen LogP contribution in [0, 0.1) is 0 Å². The van der Waals surface area contributed by atoms with Crippen LogP contribution in [0.3, 0.4) is 0 Å². The predicted octanol–water partition coefficient (Wildman–Crippen LogP) is 2.83. The van der Waals surface area contributed by atoms with Crippen LogP contribution in [-0.4, -0.2) is 37.3 Å². The van der Waals surface area contributed by atoms with Gasteiger partial charge in [-0.05, 0) is 42.5 Å². The monoisotopic (exact) mass is 356 g/mol. The van der Waals surface area contributed by atoms with Crippen LogP contribution in [0.25, 0.3) is 6.08 Å². The minimum absolute atomic E-state index is 0.00673. The van der Waals surface area contributed by atoms with Crippen LogP contribution < -0.4 is 14.2 Å². The van der Waals surface area contributed by atoms with E-state index in [4.69, 9.17) is 14.2 Å². The molecule has 1 aliphatic heterocycles. The molecule has 0 spiro atoms. The van der Waals surface area contributed by atoms with Crippen LogP contribution in [0.5, 0.6) is 23.0 Å². The van der Waals surface area contributed by atoms with Gasteiger partial charge in [0.05, 0.1) is 26.7 Å². The van der Waals surface area contributed by atoms with Gasteiger partial charge in [-0.15, -0.1) is 0 Å². The van der Waals surface area contributed by atoms with E-state index in [-0.39, 0.29) is 18.3 Å². The van der Waals surface area contributed by atoms with E-state index in [1.807, 2.05) is 6.07 Å². The van der Waals surface area contributed by atoms with Crippen molar-refractivity contribution < 1.29 is 29.2 Å². The van der Waals surface area contributed by atoms with Crippen LogP contribution in [0.4, 0.5) is 0 Å². The Hall–Kier alpha value is -2.99. The molecule has 0 bridgehead atoms. The summed E-state index contributed by atoms with van der Waals surface area (Å²) < 4.78 is 16.7. The Labute approximate surface area is 151 Å². The van der Waals surface area contributed by atoms with Crippen molar-refractivity contribution >= 4 is 12.4 Å². The van der Waals surface area contributed by atoms with Crippen LogP contribution in [0.15, 0.2) is 36.4 Å². The average molecular weight is 356 g/mol. The summed E-state index contributed by atoms with van der Waals surface area (Å²) in [6.07, 6.45) is 2.89. The van der Waals surface area contributed by atoms with Crippen molar-refractivity contribution in [2.75, 3.05) is 20.8 Å². The molecule has 6 heteroatoms. The Morgan fingerprint density at radius 1 is 1.15 bits per heavy atom. The zero-order chi connectivity index (χ0) is 18.7. The third-order valence-electron chi connectivity index (χ3n) is 4.47. The summed E-state index contributed by atoms with van der Waals surface area (Å²) in [5.41, 5.74) is 1.90. The number of aromatic hydroxyl groups is 1. The number of carbonyl (C=O) groups is 1. The second-order valence-corrected chi connectivity index (χ2v) is 5.88. The molecule has 2 aromatic rings. The van der Waals surface area contributed by atoms with Gasteiger partial charge in [-0.25, -0.2) is 0 Å². The number of hydrogen-bond acceptors (Lipinski definition) is 6. The van der Waals surface area contributed by atoms with Crippen molar-refractivity contribution in [3.05, 3.63) is 53.1 Å². The van der Waals surface area contributed by atoms with Gasteiger partial charge < -0.3 is 24.4 Å². The third kappa shape index (κ3) is 3.11.